The predicted molar refractivity (Wildman–Crippen MR) is 79.9 cm³/mol. The van der Waals surface area contributed by atoms with Gasteiger partial charge in [0.05, 0.1) is 6.04 Å². The normalized spacial score (nSPS) is 23.3. The zero-order valence-electron chi connectivity index (χ0n) is 10.8. The Bertz CT molecular complexity index is 480. The Hall–Kier alpha value is -1.26. The molecule has 2 heterocycles. The van der Waals surface area contributed by atoms with Crippen LogP contribution in [-0.2, 0) is 4.79 Å². The van der Waals surface area contributed by atoms with E-state index in [-0.39, 0.29) is 11.9 Å². The van der Waals surface area contributed by atoms with Crippen molar-refractivity contribution in [3.8, 4) is 0 Å². The lowest BCUT2D eigenvalue weighted by Gasteiger charge is -2.28. The number of thioether (sulfide) groups is 1. The molecule has 19 heavy (non-hydrogen) atoms. The van der Waals surface area contributed by atoms with Crippen LogP contribution in [0.15, 0.2) is 36.4 Å². The SMILES string of the molecule is O=C(C1CSCN1)N1CC=C(c2ccccc2)CC1. The summed E-state index contributed by atoms with van der Waals surface area (Å²) in [4.78, 5) is 14.2. The maximum absolute atomic E-state index is 12.3. The second-order valence-corrected chi connectivity index (χ2v) is 5.93. The summed E-state index contributed by atoms with van der Waals surface area (Å²) in [5.41, 5.74) is 2.64. The number of carbonyl (C=O) groups excluding carboxylic acids is 1. The van der Waals surface area contributed by atoms with Gasteiger partial charge in [-0.25, -0.2) is 0 Å². The third-order valence-corrected chi connectivity index (χ3v) is 4.62. The van der Waals surface area contributed by atoms with E-state index in [4.69, 9.17) is 0 Å². The number of benzene rings is 1. The molecule has 0 spiro atoms. The van der Waals surface area contributed by atoms with Gasteiger partial charge in [-0.05, 0) is 17.6 Å². The Morgan fingerprint density at radius 3 is 2.79 bits per heavy atom. The van der Waals surface area contributed by atoms with E-state index in [2.05, 4.69) is 35.7 Å². The minimum atomic E-state index is 0.0247. The molecular weight excluding hydrogens is 256 g/mol. The molecule has 1 aromatic rings. The van der Waals surface area contributed by atoms with Crippen LogP contribution >= 0.6 is 11.8 Å². The van der Waals surface area contributed by atoms with E-state index in [1.807, 2.05) is 11.0 Å². The average Bonchev–Trinajstić information content (AvgIpc) is 3.02. The van der Waals surface area contributed by atoms with Crippen molar-refractivity contribution < 1.29 is 4.79 Å². The van der Waals surface area contributed by atoms with Crippen molar-refractivity contribution in [2.45, 2.75) is 12.5 Å². The first kappa shape index (κ1) is 12.8. The molecule has 1 unspecified atom stereocenters. The monoisotopic (exact) mass is 274 g/mol. The maximum atomic E-state index is 12.3. The number of hydrogen-bond donors (Lipinski definition) is 1. The van der Waals surface area contributed by atoms with Gasteiger partial charge in [0.2, 0.25) is 5.91 Å². The lowest BCUT2D eigenvalue weighted by Crippen LogP contribution is -2.46. The van der Waals surface area contributed by atoms with Gasteiger partial charge in [-0.1, -0.05) is 36.4 Å². The number of amides is 1. The summed E-state index contributed by atoms with van der Waals surface area (Å²) in [6.07, 6.45) is 3.15. The zero-order chi connectivity index (χ0) is 13.1. The lowest BCUT2D eigenvalue weighted by molar-refractivity contribution is -0.132. The quantitative estimate of drug-likeness (QED) is 0.895. The first-order valence-corrected chi connectivity index (χ1v) is 7.84. The minimum absolute atomic E-state index is 0.0247. The molecule has 2 aliphatic rings. The summed E-state index contributed by atoms with van der Waals surface area (Å²) in [5.74, 6) is 2.06. The first-order valence-electron chi connectivity index (χ1n) is 6.69. The summed E-state index contributed by atoms with van der Waals surface area (Å²) >= 11 is 1.80. The first-order chi connectivity index (χ1) is 9.34. The van der Waals surface area contributed by atoms with E-state index in [1.54, 1.807) is 11.8 Å². The molecule has 1 amide bonds. The van der Waals surface area contributed by atoms with Gasteiger partial charge in [-0.3, -0.25) is 10.1 Å². The molecular formula is C15H18N2OS. The van der Waals surface area contributed by atoms with Gasteiger partial charge in [0.1, 0.15) is 0 Å². The van der Waals surface area contributed by atoms with Crippen LogP contribution in [0.25, 0.3) is 5.57 Å². The van der Waals surface area contributed by atoms with Crippen molar-refractivity contribution in [3.05, 3.63) is 42.0 Å². The van der Waals surface area contributed by atoms with Gasteiger partial charge in [-0.15, -0.1) is 11.8 Å². The van der Waals surface area contributed by atoms with Gasteiger partial charge >= 0.3 is 0 Å². The Morgan fingerprint density at radius 1 is 1.32 bits per heavy atom. The number of nitrogens with one attached hydrogen (secondary N) is 1. The van der Waals surface area contributed by atoms with Crippen molar-refractivity contribution >= 4 is 23.2 Å². The standard InChI is InChI=1S/C15H18N2OS/c18-15(14-10-19-11-16-14)17-8-6-13(7-9-17)12-4-2-1-3-5-12/h1-6,14,16H,7-11H2. The third-order valence-electron chi connectivity index (χ3n) is 3.68. The zero-order valence-corrected chi connectivity index (χ0v) is 11.7. The van der Waals surface area contributed by atoms with Crippen LogP contribution in [0.3, 0.4) is 0 Å². The second kappa shape index (κ2) is 5.80. The maximum Gasteiger partial charge on any atom is 0.240 e. The molecule has 0 bridgehead atoms. The lowest BCUT2D eigenvalue weighted by atomic mass is 9.99. The van der Waals surface area contributed by atoms with E-state index < -0.39 is 0 Å². The smallest absolute Gasteiger partial charge is 0.240 e. The summed E-state index contributed by atoms with van der Waals surface area (Å²) in [7, 11) is 0. The highest BCUT2D eigenvalue weighted by Gasteiger charge is 2.28. The number of hydrogen-bond acceptors (Lipinski definition) is 3. The van der Waals surface area contributed by atoms with Crippen LogP contribution < -0.4 is 5.32 Å². The Morgan fingerprint density at radius 2 is 2.16 bits per heavy atom. The summed E-state index contributed by atoms with van der Waals surface area (Å²) in [6.45, 7) is 1.58. The molecule has 0 radical (unpaired) electrons. The van der Waals surface area contributed by atoms with E-state index in [1.165, 1.54) is 11.1 Å². The largest absolute Gasteiger partial charge is 0.337 e. The Labute approximate surface area is 118 Å². The fraction of sp³-hybridized carbons (Fsp3) is 0.400. The average molecular weight is 274 g/mol. The van der Waals surface area contributed by atoms with Gasteiger partial charge in [0, 0.05) is 24.7 Å². The molecule has 1 N–H and O–H groups in total. The second-order valence-electron chi connectivity index (χ2n) is 4.90. The van der Waals surface area contributed by atoms with Crippen LogP contribution in [0.1, 0.15) is 12.0 Å². The fourth-order valence-electron chi connectivity index (χ4n) is 2.56. The molecule has 4 heteroatoms. The van der Waals surface area contributed by atoms with Crippen molar-refractivity contribution in [1.29, 1.82) is 0 Å². The van der Waals surface area contributed by atoms with Crippen molar-refractivity contribution in [1.82, 2.24) is 10.2 Å². The highest BCUT2D eigenvalue weighted by molar-refractivity contribution is 7.99. The van der Waals surface area contributed by atoms with Crippen molar-refractivity contribution in [2.24, 2.45) is 0 Å². The molecule has 3 rings (SSSR count). The van der Waals surface area contributed by atoms with Crippen LogP contribution in [0.5, 0.6) is 0 Å². The van der Waals surface area contributed by atoms with E-state index in [0.717, 1.165) is 31.1 Å². The molecule has 0 aromatic heterocycles. The van der Waals surface area contributed by atoms with Gasteiger partial charge in [-0.2, -0.15) is 0 Å². The Kier molecular flexibility index (Phi) is 3.89. The van der Waals surface area contributed by atoms with E-state index >= 15 is 0 Å². The highest BCUT2D eigenvalue weighted by Crippen LogP contribution is 2.23. The number of nitrogens with zero attached hydrogens (tertiary/aromatic N) is 1. The van der Waals surface area contributed by atoms with Gasteiger partial charge < -0.3 is 4.90 Å². The molecule has 1 atom stereocenters. The van der Waals surface area contributed by atoms with Crippen molar-refractivity contribution in [3.63, 3.8) is 0 Å². The van der Waals surface area contributed by atoms with Crippen LogP contribution in [0, 0.1) is 0 Å². The van der Waals surface area contributed by atoms with Crippen LogP contribution in [-0.4, -0.2) is 41.6 Å². The van der Waals surface area contributed by atoms with Gasteiger partial charge in [0.25, 0.3) is 0 Å². The van der Waals surface area contributed by atoms with Gasteiger partial charge in [0.15, 0.2) is 0 Å². The number of rotatable bonds is 2. The molecule has 1 saturated heterocycles. The molecule has 0 saturated carbocycles. The van der Waals surface area contributed by atoms with Crippen LogP contribution in [0.4, 0.5) is 0 Å². The van der Waals surface area contributed by atoms with Crippen molar-refractivity contribution in [2.75, 3.05) is 24.7 Å². The number of carbonyl (C=O) groups is 1. The molecule has 1 fully saturated rings. The summed E-state index contributed by atoms with van der Waals surface area (Å²) in [6, 6.07) is 10.5. The fourth-order valence-corrected chi connectivity index (χ4v) is 3.49. The predicted octanol–water partition coefficient (Wildman–Crippen LogP) is 1.96. The highest BCUT2D eigenvalue weighted by atomic mass is 32.2. The van der Waals surface area contributed by atoms with E-state index in [9.17, 15) is 4.79 Å². The topological polar surface area (TPSA) is 32.3 Å². The molecule has 1 aromatic carbocycles. The Balaban J connectivity index is 1.65. The molecule has 3 nitrogen and oxygen atoms in total. The summed E-state index contributed by atoms with van der Waals surface area (Å²) < 4.78 is 0. The molecule has 0 aliphatic carbocycles. The van der Waals surface area contributed by atoms with Crippen LogP contribution in [0.2, 0.25) is 0 Å². The minimum Gasteiger partial charge on any atom is -0.337 e. The molecule has 2 aliphatic heterocycles. The van der Waals surface area contributed by atoms with E-state index in [0.29, 0.717) is 0 Å². The summed E-state index contributed by atoms with van der Waals surface area (Å²) in [5, 5.41) is 3.25. The third kappa shape index (κ3) is 2.85. The molecule has 100 valence electrons.